The molecule has 2 aromatic rings. The molecule has 7 heteroatoms. The second-order valence-electron chi connectivity index (χ2n) is 8.56. The summed E-state index contributed by atoms with van der Waals surface area (Å²) in [5.74, 6) is 2.08. The first-order valence-corrected chi connectivity index (χ1v) is 11.4. The number of rotatable bonds is 5. The van der Waals surface area contributed by atoms with E-state index in [1.165, 1.54) is 28.7 Å². The van der Waals surface area contributed by atoms with Gasteiger partial charge in [-0.25, -0.2) is 9.97 Å². The molecule has 2 fully saturated rings. The molecule has 154 valence electrons. The van der Waals surface area contributed by atoms with Gasteiger partial charge in [0.05, 0.1) is 18.0 Å². The molecule has 2 aliphatic rings. The molecule has 4 heterocycles. The van der Waals surface area contributed by atoms with Crippen LogP contribution < -0.4 is 4.90 Å². The Hall–Kier alpha value is -1.28. The summed E-state index contributed by atoms with van der Waals surface area (Å²) in [6.45, 7) is 15.3. The summed E-state index contributed by atoms with van der Waals surface area (Å²) in [5, 5.41) is 11.0. The summed E-state index contributed by atoms with van der Waals surface area (Å²) in [6.07, 6.45) is 2.29. The maximum atomic E-state index is 9.75. The zero-order valence-electron chi connectivity index (χ0n) is 17.6. The molecule has 0 spiro atoms. The average molecular weight is 404 g/mol. The zero-order chi connectivity index (χ0) is 19.8. The molecule has 6 nitrogen and oxygen atoms in total. The molecule has 0 aromatic carbocycles. The number of β-amino-alcohol motifs (C(OH)–C–C–N with tert-alkyl or cyclic N) is 1. The van der Waals surface area contributed by atoms with Gasteiger partial charge in [-0.3, -0.25) is 9.80 Å². The quantitative estimate of drug-likeness (QED) is 0.829. The molecule has 4 rings (SSSR count). The van der Waals surface area contributed by atoms with Crippen molar-refractivity contribution in [3.05, 3.63) is 16.3 Å². The minimum Gasteiger partial charge on any atom is -0.392 e. The van der Waals surface area contributed by atoms with Gasteiger partial charge in [0.15, 0.2) is 0 Å². The van der Waals surface area contributed by atoms with E-state index in [2.05, 4.69) is 35.5 Å². The number of aryl methyl sites for hydroxylation is 2. The fourth-order valence-corrected chi connectivity index (χ4v) is 5.62. The summed E-state index contributed by atoms with van der Waals surface area (Å²) in [6, 6.07) is 0.366. The Bertz CT molecular complexity index is 830. The number of hydrogen-bond acceptors (Lipinski definition) is 7. The first-order chi connectivity index (χ1) is 13.4. The zero-order valence-corrected chi connectivity index (χ0v) is 18.4. The summed E-state index contributed by atoms with van der Waals surface area (Å²) >= 11 is 1.80. The lowest BCUT2D eigenvalue weighted by atomic mass is 10.1. The summed E-state index contributed by atoms with van der Waals surface area (Å²) in [4.78, 5) is 19.8. The highest BCUT2D eigenvalue weighted by atomic mass is 32.1. The molecule has 28 heavy (non-hydrogen) atoms. The van der Waals surface area contributed by atoms with Crippen LogP contribution in [-0.4, -0.2) is 76.3 Å². The summed E-state index contributed by atoms with van der Waals surface area (Å²) < 4.78 is 0. The van der Waals surface area contributed by atoms with Gasteiger partial charge in [0.1, 0.15) is 16.5 Å². The topological polar surface area (TPSA) is 55.7 Å². The van der Waals surface area contributed by atoms with Crippen molar-refractivity contribution in [2.24, 2.45) is 0 Å². The standard InChI is InChI=1S/C21H33N5OS/c1-14-11-25(12-15(2)27)9-10-26(14)20-19-16(3)17(4)28-21(19)23-18(22-20)13-24-7-5-6-8-24/h14-15,27H,5-13H2,1-4H3. The Labute approximate surface area is 172 Å². The van der Waals surface area contributed by atoms with Crippen LogP contribution in [-0.2, 0) is 6.54 Å². The highest BCUT2D eigenvalue weighted by molar-refractivity contribution is 7.18. The number of aliphatic hydroxyl groups is 1. The maximum absolute atomic E-state index is 9.75. The van der Waals surface area contributed by atoms with Crippen LogP contribution in [0.2, 0.25) is 0 Å². The smallest absolute Gasteiger partial charge is 0.146 e. The molecule has 1 N–H and O–H groups in total. The van der Waals surface area contributed by atoms with Crippen molar-refractivity contribution in [1.29, 1.82) is 0 Å². The number of likely N-dealkylation sites (tertiary alicyclic amines) is 1. The van der Waals surface area contributed by atoms with E-state index < -0.39 is 0 Å². The normalized spacial score (nSPS) is 23.0. The molecule has 2 saturated heterocycles. The number of anilines is 1. The van der Waals surface area contributed by atoms with Crippen LogP contribution in [0.5, 0.6) is 0 Å². The van der Waals surface area contributed by atoms with Crippen LogP contribution in [0.4, 0.5) is 5.82 Å². The Kier molecular flexibility index (Phi) is 5.88. The van der Waals surface area contributed by atoms with E-state index in [0.717, 1.165) is 62.3 Å². The lowest BCUT2D eigenvalue weighted by Gasteiger charge is -2.41. The van der Waals surface area contributed by atoms with Crippen LogP contribution in [0, 0.1) is 13.8 Å². The van der Waals surface area contributed by atoms with Crippen molar-refractivity contribution in [2.45, 2.75) is 59.2 Å². The van der Waals surface area contributed by atoms with Crippen LogP contribution in [0.15, 0.2) is 0 Å². The predicted molar refractivity (Wildman–Crippen MR) is 116 cm³/mol. The second-order valence-corrected chi connectivity index (χ2v) is 9.76. The van der Waals surface area contributed by atoms with E-state index in [0.29, 0.717) is 6.04 Å². The Morgan fingerprint density at radius 1 is 1.11 bits per heavy atom. The van der Waals surface area contributed by atoms with E-state index in [-0.39, 0.29) is 6.10 Å². The molecular weight excluding hydrogens is 370 g/mol. The van der Waals surface area contributed by atoms with Crippen LogP contribution >= 0.6 is 11.3 Å². The number of aromatic nitrogens is 2. The lowest BCUT2D eigenvalue weighted by Crippen LogP contribution is -2.53. The van der Waals surface area contributed by atoms with Crippen LogP contribution in [0.3, 0.4) is 0 Å². The van der Waals surface area contributed by atoms with Gasteiger partial charge in [0.2, 0.25) is 0 Å². The van der Waals surface area contributed by atoms with Crippen LogP contribution in [0.25, 0.3) is 10.2 Å². The minimum absolute atomic E-state index is 0.279. The highest BCUT2D eigenvalue weighted by Crippen LogP contribution is 2.36. The second kappa shape index (κ2) is 8.22. The molecule has 2 atom stereocenters. The molecular formula is C21H33N5OS. The monoisotopic (exact) mass is 403 g/mol. The molecule has 0 bridgehead atoms. The molecule has 0 saturated carbocycles. The summed E-state index contributed by atoms with van der Waals surface area (Å²) in [7, 11) is 0. The minimum atomic E-state index is -0.279. The van der Waals surface area contributed by atoms with Crippen molar-refractivity contribution >= 4 is 27.4 Å². The number of fused-ring (bicyclic) bond motifs is 1. The third kappa shape index (κ3) is 4.03. The number of nitrogens with zero attached hydrogens (tertiary/aromatic N) is 5. The Morgan fingerprint density at radius 2 is 1.86 bits per heavy atom. The van der Waals surface area contributed by atoms with E-state index in [1.54, 1.807) is 11.3 Å². The van der Waals surface area contributed by atoms with Crippen molar-refractivity contribution in [1.82, 2.24) is 19.8 Å². The van der Waals surface area contributed by atoms with E-state index in [1.807, 2.05) is 6.92 Å². The fraction of sp³-hybridized carbons (Fsp3) is 0.714. The van der Waals surface area contributed by atoms with E-state index >= 15 is 0 Å². The largest absolute Gasteiger partial charge is 0.392 e. The molecule has 2 aliphatic heterocycles. The van der Waals surface area contributed by atoms with Gasteiger partial charge in [-0.05, 0) is 59.2 Å². The van der Waals surface area contributed by atoms with Crippen molar-refractivity contribution in [2.75, 3.05) is 44.2 Å². The third-order valence-electron chi connectivity index (χ3n) is 6.13. The number of aliphatic hydroxyl groups excluding tert-OH is 1. The van der Waals surface area contributed by atoms with Gasteiger partial charge in [-0.1, -0.05) is 0 Å². The molecule has 0 amide bonds. The van der Waals surface area contributed by atoms with Gasteiger partial charge in [-0.2, -0.15) is 0 Å². The SMILES string of the molecule is Cc1sc2nc(CN3CCCC3)nc(N3CCN(CC(C)O)CC3C)c2c1C. The number of thiophene rings is 1. The van der Waals surface area contributed by atoms with Gasteiger partial charge >= 0.3 is 0 Å². The lowest BCUT2D eigenvalue weighted by molar-refractivity contribution is 0.114. The molecule has 2 unspecified atom stereocenters. The number of piperazine rings is 1. The molecule has 0 radical (unpaired) electrons. The summed E-state index contributed by atoms with van der Waals surface area (Å²) in [5.41, 5.74) is 1.32. The first-order valence-electron chi connectivity index (χ1n) is 10.6. The molecule has 0 aliphatic carbocycles. The Morgan fingerprint density at radius 3 is 2.54 bits per heavy atom. The van der Waals surface area contributed by atoms with Gasteiger partial charge in [0.25, 0.3) is 0 Å². The Balaban J connectivity index is 1.66. The van der Waals surface area contributed by atoms with Crippen LogP contribution in [0.1, 0.15) is 43.0 Å². The van der Waals surface area contributed by atoms with Crippen molar-refractivity contribution < 1.29 is 5.11 Å². The van der Waals surface area contributed by atoms with E-state index in [9.17, 15) is 5.11 Å². The van der Waals surface area contributed by atoms with Gasteiger partial charge in [0, 0.05) is 37.1 Å². The highest BCUT2D eigenvalue weighted by Gasteiger charge is 2.28. The van der Waals surface area contributed by atoms with Gasteiger partial charge < -0.3 is 10.0 Å². The third-order valence-corrected chi connectivity index (χ3v) is 7.23. The average Bonchev–Trinajstić information content (AvgIpc) is 3.22. The molecule has 2 aromatic heterocycles. The predicted octanol–water partition coefficient (Wildman–Crippen LogP) is 2.80. The van der Waals surface area contributed by atoms with E-state index in [4.69, 9.17) is 9.97 Å². The first kappa shape index (κ1) is 20.0. The van der Waals surface area contributed by atoms with Crippen molar-refractivity contribution in [3.63, 3.8) is 0 Å². The fourth-order valence-electron chi connectivity index (χ4n) is 4.58. The van der Waals surface area contributed by atoms with Crippen molar-refractivity contribution in [3.8, 4) is 0 Å². The van der Waals surface area contributed by atoms with Gasteiger partial charge in [-0.15, -0.1) is 11.3 Å². The maximum Gasteiger partial charge on any atom is 0.146 e. The number of hydrogen-bond donors (Lipinski definition) is 1.